The Morgan fingerprint density at radius 3 is 2.74 bits per heavy atom. The minimum Gasteiger partial charge on any atom is -0.494 e. The van der Waals surface area contributed by atoms with Gasteiger partial charge >= 0.3 is 5.97 Å². The summed E-state index contributed by atoms with van der Waals surface area (Å²) in [6.07, 6.45) is 1.37. The number of benzene rings is 1. The van der Waals surface area contributed by atoms with Crippen LogP contribution in [0, 0.1) is 0 Å². The zero-order valence-corrected chi connectivity index (χ0v) is 11.9. The summed E-state index contributed by atoms with van der Waals surface area (Å²) in [5.41, 5.74) is 0.755. The summed E-state index contributed by atoms with van der Waals surface area (Å²) in [4.78, 5) is 15.9. The number of methoxy groups -OCH3 is 1. The molecule has 100 valence electrons. The summed E-state index contributed by atoms with van der Waals surface area (Å²) < 4.78 is 10.1. The Morgan fingerprint density at radius 2 is 2.11 bits per heavy atom. The van der Waals surface area contributed by atoms with Crippen molar-refractivity contribution in [2.24, 2.45) is 0 Å². The maximum Gasteiger partial charge on any atom is 0.341 e. The summed E-state index contributed by atoms with van der Waals surface area (Å²) in [7, 11) is 1.51. The van der Waals surface area contributed by atoms with Crippen LogP contribution < -0.4 is 4.74 Å². The fraction of sp³-hybridized carbons (Fsp3) is 0.231. The van der Waals surface area contributed by atoms with Crippen LogP contribution in [0.15, 0.2) is 18.3 Å². The van der Waals surface area contributed by atoms with Crippen LogP contribution in [0.4, 0.5) is 0 Å². The van der Waals surface area contributed by atoms with Crippen molar-refractivity contribution in [1.29, 1.82) is 0 Å². The Bertz CT molecular complexity index is 643. The molecule has 0 aliphatic carbocycles. The van der Waals surface area contributed by atoms with Gasteiger partial charge in [0.1, 0.15) is 11.3 Å². The van der Waals surface area contributed by atoms with Crippen LogP contribution in [-0.4, -0.2) is 24.7 Å². The zero-order chi connectivity index (χ0) is 14.0. The molecule has 4 nitrogen and oxygen atoms in total. The standard InChI is InChI=1S/C13H11Cl2NO3/c1-3-19-13(17)9-6-16-12-8(11(9)15)4-7(14)5-10(12)18-2/h4-6H,3H2,1-2H3. The lowest BCUT2D eigenvalue weighted by molar-refractivity contribution is 0.0526. The molecule has 0 N–H and O–H groups in total. The summed E-state index contributed by atoms with van der Waals surface area (Å²) in [6, 6.07) is 3.27. The highest BCUT2D eigenvalue weighted by Gasteiger charge is 2.17. The molecule has 0 spiro atoms. The van der Waals surface area contributed by atoms with Gasteiger partial charge in [0, 0.05) is 22.7 Å². The number of esters is 1. The molecule has 1 heterocycles. The third-order valence-corrected chi connectivity index (χ3v) is 3.18. The predicted molar refractivity (Wildman–Crippen MR) is 74.3 cm³/mol. The van der Waals surface area contributed by atoms with Crippen LogP contribution in [0.1, 0.15) is 17.3 Å². The van der Waals surface area contributed by atoms with Crippen molar-refractivity contribution >= 4 is 40.1 Å². The first-order chi connectivity index (χ1) is 9.08. The van der Waals surface area contributed by atoms with Crippen molar-refractivity contribution in [3.63, 3.8) is 0 Å². The maximum atomic E-state index is 11.7. The lowest BCUT2D eigenvalue weighted by Crippen LogP contribution is -2.06. The van der Waals surface area contributed by atoms with Crippen molar-refractivity contribution in [3.05, 3.63) is 33.9 Å². The quantitative estimate of drug-likeness (QED) is 0.810. The number of hydrogen-bond acceptors (Lipinski definition) is 4. The van der Waals surface area contributed by atoms with E-state index < -0.39 is 5.97 Å². The molecule has 2 aromatic rings. The van der Waals surface area contributed by atoms with E-state index in [2.05, 4.69) is 4.98 Å². The molecule has 19 heavy (non-hydrogen) atoms. The van der Waals surface area contributed by atoms with E-state index in [0.717, 1.165) is 0 Å². The van der Waals surface area contributed by atoms with E-state index in [1.165, 1.54) is 13.3 Å². The highest BCUT2D eigenvalue weighted by atomic mass is 35.5. The fourth-order valence-electron chi connectivity index (χ4n) is 1.71. The molecule has 0 fully saturated rings. The number of carbonyl (C=O) groups is 1. The van der Waals surface area contributed by atoms with Gasteiger partial charge in [-0.1, -0.05) is 23.2 Å². The lowest BCUT2D eigenvalue weighted by atomic mass is 10.1. The maximum absolute atomic E-state index is 11.7. The van der Waals surface area contributed by atoms with Gasteiger partial charge in [0.2, 0.25) is 0 Å². The normalized spacial score (nSPS) is 10.5. The van der Waals surface area contributed by atoms with Gasteiger partial charge in [0.15, 0.2) is 0 Å². The van der Waals surface area contributed by atoms with Crippen molar-refractivity contribution in [3.8, 4) is 5.75 Å². The van der Waals surface area contributed by atoms with Gasteiger partial charge in [-0.15, -0.1) is 0 Å². The number of carbonyl (C=O) groups excluding carboxylic acids is 1. The Kier molecular flexibility index (Phi) is 4.12. The molecule has 0 saturated carbocycles. The monoisotopic (exact) mass is 299 g/mol. The van der Waals surface area contributed by atoms with Gasteiger partial charge in [-0.3, -0.25) is 4.98 Å². The van der Waals surface area contributed by atoms with Crippen molar-refractivity contribution in [2.45, 2.75) is 6.92 Å². The van der Waals surface area contributed by atoms with Crippen LogP contribution in [0.5, 0.6) is 5.75 Å². The van der Waals surface area contributed by atoms with E-state index in [9.17, 15) is 4.79 Å². The number of ether oxygens (including phenoxy) is 2. The number of rotatable bonds is 3. The molecule has 0 saturated heterocycles. The molecule has 0 aliphatic rings. The van der Waals surface area contributed by atoms with E-state index in [-0.39, 0.29) is 17.2 Å². The molecule has 0 unspecified atom stereocenters. The molecule has 6 heteroatoms. The number of fused-ring (bicyclic) bond motifs is 1. The topological polar surface area (TPSA) is 48.4 Å². The van der Waals surface area contributed by atoms with Gasteiger partial charge in [-0.2, -0.15) is 0 Å². The molecule has 0 radical (unpaired) electrons. The number of pyridine rings is 1. The van der Waals surface area contributed by atoms with E-state index in [0.29, 0.717) is 21.7 Å². The molecule has 0 bridgehead atoms. The first-order valence-electron chi connectivity index (χ1n) is 5.57. The Labute approximate surface area is 120 Å². The van der Waals surface area contributed by atoms with E-state index in [1.54, 1.807) is 19.1 Å². The third-order valence-electron chi connectivity index (χ3n) is 2.55. The fourth-order valence-corrected chi connectivity index (χ4v) is 2.19. The summed E-state index contributed by atoms with van der Waals surface area (Å²) in [5.74, 6) is -0.0133. The van der Waals surface area contributed by atoms with Crippen LogP contribution in [0.2, 0.25) is 10.0 Å². The summed E-state index contributed by atoms with van der Waals surface area (Å²) >= 11 is 12.2. The second kappa shape index (κ2) is 5.63. The largest absolute Gasteiger partial charge is 0.494 e. The third kappa shape index (κ3) is 2.60. The first-order valence-corrected chi connectivity index (χ1v) is 6.33. The van der Waals surface area contributed by atoms with E-state index >= 15 is 0 Å². The zero-order valence-electron chi connectivity index (χ0n) is 10.4. The lowest BCUT2D eigenvalue weighted by Gasteiger charge is -2.09. The smallest absolute Gasteiger partial charge is 0.341 e. The van der Waals surface area contributed by atoms with E-state index in [4.69, 9.17) is 32.7 Å². The minimum absolute atomic E-state index is 0.209. The number of halogens is 2. The number of aromatic nitrogens is 1. The molecule has 1 aromatic carbocycles. The van der Waals surface area contributed by atoms with Crippen molar-refractivity contribution in [1.82, 2.24) is 4.98 Å². The highest BCUT2D eigenvalue weighted by molar-refractivity contribution is 6.39. The Morgan fingerprint density at radius 1 is 1.37 bits per heavy atom. The minimum atomic E-state index is -0.513. The van der Waals surface area contributed by atoms with Crippen molar-refractivity contribution in [2.75, 3.05) is 13.7 Å². The molecule has 0 aliphatic heterocycles. The van der Waals surface area contributed by atoms with Gasteiger partial charge in [-0.05, 0) is 13.0 Å². The SMILES string of the molecule is CCOC(=O)c1cnc2c(OC)cc(Cl)cc2c1Cl. The Hall–Kier alpha value is -1.52. The van der Waals surface area contributed by atoms with E-state index in [1.807, 2.05) is 0 Å². The first kappa shape index (κ1) is 13.9. The molecular weight excluding hydrogens is 289 g/mol. The Balaban J connectivity index is 2.68. The van der Waals surface area contributed by atoms with Crippen LogP contribution >= 0.6 is 23.2 Å². The van der Waals surface area contributed by atoms with Gasteiger partial charge in [-0.25, -0.2) is 4.79 Å². The van der Waals surface area contributed by atoms with Gasteiger partial charge < -0.3 is 9.47 Å². The molecule has 1 aromatic heterocycles. The second-order valence-electron chi connectivity index (χ2n) is 3.71. The molecular formula is C13H11Cl2NO3. The van der Waals surface area contributed by atoms with Crippen molar-refractivity contribution < 1.29 is 14.3 Å². The second-order valence-corrected chi connectivity index (χ2v) is 4.52. The molecule has 0 atom stereocenters. The predicted octanol–water partition coefficient (Wildman–Crippen LogP) is 3.73. The van der Waals surface area contributed by atoms with Gasteiger partial charge in [0.25, 0.3) is 0 Å². The summed E-state index contributed by atoms with van der Waals surface area (Å²) in [5, 5.41) is 1.26. The average molecular weight is 300 g/mol. The number of hydrogen-bond donors (Lipinski definition) is 0. The summed E-state index contributed by atoms with van der Waals surface area (Å²) in [6.45, 7) is 1.99. The van der Waals surface area contributed by atoms with Gasteiger partial charge in [0.05, 0.1) is 24.3 Å². The van der Waals surface area contributed by atoms with Crippen LogP contribution in [-0.2, 0) is 4.74 Å². The number of nitrogens with zero attached hydrogens (tertiary/aromatic N) is 1. The average Bonchev–Trinajstić information content (AvgIpc) is 2.39. The van der Waals surface area contributed by atoms with Crippen LogP contribution in [0.25, 0.3) is 10.9 Å². The highest BCUT2D eigenvalue weighted by Crippen LogP contribution is 2.34. The molecule has 0 amide bonds. The molecule has 2 rings (SSSR count). The van der Waals surface area contributed by atoms with Crippen LogP contribution in [0.3, 0.4) is 0 Å².